The Morgan fingerprint density at radius 2 is 2.11 bits per heavy atom. The van der Waals surface area contributed by atoms with E-state index in [9.17, 15) is 4.79 Å². The van der Waals surface area contributed by atoms with Gasteiger partial charge < -0.3 is 9.64 Å². The largest absolute Gasteiger partial charge is 0.495 e. The summed E-state index contributed by atoms with van der Waals surface area (Å²) >= 11 is 2.20. The Morgan fingerprint density at radius 3 is 2.72 bits per heavy atom. The van der Waals surface area contributed by atoms with Crippen molar-refractivity contribution in [3.63, 3.8) is 0 Å². The second-order valence-corrected chi connectivity index (χ2v) is 5.23. The van der Waals surface area contributed by atoms with Gasteiger partial charge >= 0.3 is 0 Å². The van der Waals surface area contributed by atoms with Crippen molar-refractivity contribution in [2.45, 2.75) is 0 Å². The quantitative estimate of drug-likeness (QED) is 0.780. The molecule has 1 aromatic carbocycles. The second-order valence-electron chi connectivity index (χ2n) is 3.98. The first kappa shape index (κ1) is 13.1. The minimum atomic E-state index is -0.166. The molecule has 1 aliphatic carbocycles. The number of carbonyl (C=O) groups excluding carboxylic acids is 1. The van der Waals surface area contributed by atoms with Gasteiger partial charge in [0.15, 0.2) is 0 Å². The first-order valence-electron chi connectivity index (χ1n) is 5.59. The monoisotopic (exact) mass is 355 g/mol. The smallest absolute Gasteiger partial charge is 0.238 e. The van der Waals surface area contributed by atoms with Crippen molar-refractivity contribution < 1.29 is 9.53 Å². The Kier molecular flexibility index (Phi) is 4.06. The minimum Gasteiger partial charge on any atom is -0.495 e. The molecule has 0 saturated heterocycles. The molecule has 1 aromatic rings. The van der Waals surface area contributed by atoms with Gasteiger partial charge in [0.1, 0.15) is 5.75 Å². The third-order valence-corrected chi connectivity index (χ3v) is 3.93. The highest BCUT2D eigenvalue weighted by molar-refractivity contribution is 14.1. The van der Waals surface area contributed by atoms with Crippen LogP contribution in [0.1, 0.15) is 0 Å². The summed E-state index contributed by atoms with van der Waals surface area (Å²) in [6.07, 6.45) is 5.79. The van der Waals surface area contributed by atoms with Crippen molar-refractivity contribution in [1.82, 2.24) is 0 Å². The molecule has 0 N–H and O–H groups in total. The summed E-state index contributed by atoms with van der Waals surface area (Å²) in [4.78, 5) is 14.0. The fourth-order valence-corrected chi connectivity index (χ4v) is 2.57. The Labute approximate surface area is 120 Å². The number of allylic oxidation sites excluding steroid dienone is 2. The molecule has 3 nitrogen and oxygen atoms in total. The van der Waals surface area contributed by atoms with Crippen LogP contribution in [0.3, 0.4) is 0 Å². The number of hydrogen-bond donors (Lipinski definition) is 0. The van der Waals surface area contributed by atoms with Crippen LogP contribution in [-0.2, 0) is 4.79 Å². The summed E-state index contributed by atoms with van der Waals surface area (Å²) in [5.41, 5.74) is 0.787. The third-order valence-electron chi connectivity index (χ3n) is 2.90. The zero-order valence-corrected chi connectivity index (χ0v) is 12.4. The number of carbonyl (C=O) groups is 1. The molecular formula is C14H14INO2. The van der Waals surface area contributed by atoms with Crippen LogP contribution in [0.15, 0.2) is 46.1 Å². The van der Waals surface area contributed by atoms with Crippen molar-refractivity contribution in [2.24, 2.45) is 5.92 Å². The molecule has 0 spiro atoms. The van der Waals surface area contributed by atoms with Crippen LogP contribution in [0, 0.1) is 5.92 Å². The topological polar surface area (TPSA) is 29.5 Å². The maximum Gasteiger partial charge on any atom is 0.238 e. The molecule has 1 atom stereocenters. The molecule has 0 fully saturated rings. The molecule has 18 heavy (non-hydrogen) atoms. The van der Waals surface area contributed by atoms with Crippen LogP contribution in [0.2, 0.25) is 0 Å². The molecule has 0 saturated carbocycles. The van der Waals surface area contributed by atoms with E-state index in [1.165, 1.54) is 0 Å². The molecule has 2 rings (SSSR count). The van der Waals surface area contributed by atoms with Crippen LogP contribution < -0.4 is 9.64 Å². The van der Waals surface area contributed by atoms with Crippen LogP contribution in [-0.4, -0.2) is 20.1 Å². The number of amides is 1. The summed E-state index contributed by atoms with van der Waals surface area (Å²) in [5.74, 6) is 0.587. The fraction of sp³-hybridized carbons (Fsp3) is 0.214. The molecule has 0 aliphatic heterocycles. The summed E-state index contributed by atoms with van der Waals surface area (Å²) < 4.78 is 6.32. The van der Waals surface area contributed by atoms with Crippen LogP contribution >= 0.6 is 22.6 Å². The fourth-order valence-electron chi connectivity index (χ4n) is 1.89. The number of halogens is 1. The number of methoxy groups -OCH3 is 1. The Balaban J connectivity index is 2.26. The lowest BCUT2D eigenvalue weighted by atomic mass is 10.1. The molecule has 0 radical (unpaired) electrons. The van der Waals surface area contributed by atoms with Gasteiger partial charge in [0, 0.05) is 10.6 Å². The molecule has 4 heteroatoms. The van der Waals surface area contributed by atoms with Gasteiger partial charge in [-0.25, -0.2) is 0 Å². The van der Waals surface area contributed by atoms with Gasteiger partial charge in [-0.05, 0) is 34.7 Å². The van der Waals surface area contributed by atoms with E-state index >= 15 is 0 Å². The minimum absolute atomic E-state index is 0.0499. The number of para-hydroxylation sites is 2. The van der Waals surface area contributed by atoms with Crippen molar-refractivity contribution >= 4 is 34.2 Å². The first-order chi connectivity index (χ1) is 8.65. The van der Waals surface area contributed by atoms with E-state index in [1.54, 1.807) is 19.1 Å². The second kappa shape index (κ2) is 5.56. The lowest BCUT2D eigenvalue weighted by molar-refractivity contribution is -0.119. The Bertz CT molecular complexity index is 522. The van der Waals surface area contributed by atoms with Crippen molar-refractivity contribution in [3.05, 3.63) is 46.1 Å². The zero-order valence-electron chi connectivity index (χ0n) is 10.3. The van der Waals surface area contributed by atoms with Gasteiger partial charge in [-0.15, -0.1) is 0 Å². The van der Waals surface area contributed by atoms with E-state index in [0.29, 0.717) is 5.75 Å². The maximum absolute atomic E-state index is 12.4. The van der Waals surface area contributed by atoms with E-state index in [0.717, 1.165) is 9.27 Å². The molecule has 94 valence electrons. The summed E-state index contributed by atoms with van der Waals surface area (Å²) in [7, 11) is 3.38. The van der Waals surface area contributed by atoms with E-state index in [1.807, 2.05) is 42.5 Å². The number of anilines is 1. The molecule has 0 aromatic heterocycles. The van der Waals surface area contributed by atoms with E-state index in [-0.39, 0.29) is 11.8 Å². The average molecular weight is 355 g/mol. The predicted molar refractivity (Wildman–Crippen MR) is 81.1 cm³/mol. The van der Waals surface area contributed by atoms with Crippen molar-refractivity contribution in [2.75, 3.05) is 19.1 Å². The van der Waals surface area contributed by atoms with Gasteiger partial charge in [-0.1, -0.05) is 30.4 Å². The highest BCUT2D eigenvalue weighted by Gasteiger charge is 2.26. The number of hydrogen-bond acceptors (Lipinski definition) is 2. The molecule has 1 unspecified atom stereocenters. The Morgan fingerprint density at radius 1 is 1.39 bits per heavy atom. The number of rotatable bonds is 3. The van der Waals surface area contributed by atoms with Crippen molar-refractivity contribution in [3.8, 4) is 5.75 Å². The molecule has 0 bridgehead atoms. The van der Waals surface area contributed by atoms with E-state index in [2.05, 4.69) is 22.6 Å². The standard InChI is InChI=1S/C14H14INO2/c1-16(12-8-3-4-9-13(12)18-2)14(17)10-6-5-7-11(10)15/h3-10H,1-2H3. The van der Waals surface area contributed by atoms with E-state index in [4.69, 9.17) is 4.74 Å². The Hall–Kier alpha value is -1.30. The lowest BCUT2D eigenvalue weighted by Crippen LogP contribution is -2.31. The van der Waals surface area contributed by atoms with Gasteiger partial charge in [0.2, 0.25) is 5.91 Å². The van der Waals surface area contributed by atoms with E-state index < -0.39 is 0 Å². The average Bonchev–Trinajstić information content (AvgIpc) is 2.83. The summed E-state index contributed by atoms with van der Waals surface area (Å²) in [6, 6.07) is 7.52. The highest BCUT2D eigenvalue weighted by atomic mass is 127. The van der Waals surface area contributed by atoms with Gasteiger partial charge in [0.25, 0.3) is 0 Å². The zero-order chi connectivity index (χ0) is 13.1. The van der Waals surface area contributed by atoms with Crippen LogP contribution in [0.25, 0.3) is 0 Å². The maximum atomic E-state index is 12.4. The third kappa shape index (κ3) is 2.43. The first-order valence-corrected chi connectivity index (χ1v) is 6.67. The highest BCUT2D eigenvalue weighted by Crippen LogP contribution is 2.32. The van der Waals surface area contributed by atoms with Crippen LogP contribution in [0.5, 0.6) is 5.75 Å². The number of nitrogens with zero attached hydrogens (tertiary/aromatic N) is 1. The van der Waals surface area contributed by atoms with Gasteiger partial charge in [-0.2, -0.15) is 0 Å². The number of benzene rings is 1. The van der Waals surface area contributed by atoms with Crippen LogP contribution in [0.4, 0.5) is 5.69 Å². The number of ether oxygens (including phenoxy) is 1. The predicted octanol–water partition coefficient (Wildman–Crippen LogP) is 3.16. The summed E-state index contributed by atoms with van der Waals surface area (Å²) in [5, 5.41) is 0. The molecule has 1 amide bonds. The van der Waals surface area contributed by atoms with Crippen molar-refractivity contribution in [1.29, 1.82) is 0 Å². The van der Waals surface area contributed by atoms with Gasteiger partial charge in [0.05, 0.1) is 18.7 Å². The summed E-state index contributed by atoms with van der Waals surface area (Å²) in [6.45, 7) is 0. The lowest BCUT2D eigenvalue weighted by Gasteiger charge is -2.22. The molecular weight excluding hydrogens is 341 g/mol. The normalized spacial score (nSPS) is 17.5. The molecule has 0 heterocycles. The molecule has 1 aliphatic rings. The SMILES string of the molecule is COc1ccccc1N(C)C(=O)C1C=CC=C1I. The van der Waals surface area contributed by atoms with Gasteiger partial charge in [-0.3, -0.25) is 4.79 Å².